The van der Waals surface area contributed by atoms with E-state index in [0.29, 0.717) is 38.0 Å². The summed E-state index contributed by atoms with van der Waals surface area (Å²) in [6.45, 7) is 12.1. The number of aryl methyl sites for hydroxylation is 1. The summed E-state index contributed by atoms with van der Waals surface area (Å²) in [5, 5.41) is 9.34. The first-order chi connectivity index (χ1) is 14.0. The minimum absolute atomic E-state index is 0.0356. The number of hydrogen-bond acceptors (Lipinski definition) is 4. The van der Waals surface area contributed by atoms with Crippen LogP contribution in [0.2, 0.25) is 0 Å². The Labute approximate surface area is 174 Å². The Kier molecular flexibility index (Phi) is 9.77. The largest absolute Gasteiger partial charge is 0.493 e. The molecule has 162 valence electrons. The molecule has 7 nitrogen and oxygen atoms in total. The monoisotopic (exact) mass is 404 g/mol. The lowest BCUT2D eigenvalue weighted by molar-refractivity contribution is -0.121. The van der Waals surface area contributed by atoms with Crippen molar-refractivity contribution in [2.24, 2.45) is 10.9 Å². The van der Waals surface area contributed by atoms with Crippen LogP contribution >= 0.6 is 0 Å². The van der Waals surface area contributed by atoms with Crippen molar-refractivity contribution >= 4 is 11.9 Å². The van der Waals surface area contributed by atoms with Crippen LogP contribution in [0.1, 0.15) is 44.7 Å². The molecule has 0 bridgehead atoms. The molecule has 1 saturated heterocycles. The highest BCUT2D eigenvalue weighted by molar-refractivity contribution is 5.81. The van der Waals surface area contributed by atoms with Gasteiger partial charge in [-0.1, -0.05) is 12.1 Å². The molecule has 0 saturated carbocycles. The maximum Gasteiger partial charge on any atom is 0.221 e. The fraction of sp³-hybridized carbons (Fsp3) is 0.636. The Morgan fingerprint density at radius 3 is 2.86 bits per heavy atom. The molecular weight excluding hydrogens is 368 g/mol. The smallest absolute Gasteiger partial charge is 0.221 e. The molecule has 29 heavy (non-hydrogen) atoms. The van der Waals surface area contributed by atoms with Crippen LogP contribution in [-0.2, 0) is 16.1 Å². The van der Waals surface area contributed by atoms with Gasteiger partial charge in [0.05, 0.1) is 19.8 Å². The molecule has 1 atom stereocenters. The molecule has 7 heteroatoms. The summed E-state index contributed by atoms with van der Waals surface area (Å²) in [5.41, 5.74) is 2.21. The molecule has 1 aromatic rings. The van der Waals surface area contributed by atoms with Crippen LogP contribution in [0, 0.1) is 12.8 Å². The van der Waals surface area contributed by atoms with Crippen molar-refractivity contribution in [2.75, 3.05) is 32.9 Å². The molecule has 1 fully saturated rings. The van der Waals surface area contributed by atoms with Crippen LogP contribution < -0.4 is 20.7 Å². The van der Waals surface area contributed by atoms with Crippen LogP contribution in [0.5, 0.6) is 5.75 Å². The summed E-state index contributed by atoms with van der Waals surface area (Å²) in [6.07, 6.45) is 1.46. The van der Waals surface area contributed by atoms with Gasteiger partial charge in [-0.05, 0) is 45.7 Å². The van der Waals surface area contributed by atoms with Crippen molar-refractivity contribution in [3.8, 4) is 5.75 Å². The number of aliphatic imine (C=N–C) groups is 1. The van der Waals surface area contributed by atoms with E-state index in [2.05, 4.69) is 46.1 Å². The third-order valence-corrected chi connectivity index (χ3v) is 4.57. The zero-order chi connectivity index (χ0) is 21.1. The van der Waals surface area contributed by atoms with Gasteiger partial charge < -0.3 is 25.4 Å². The quantitative estimate of drug-likeness (QED) is 0.412. The van der Waals surface area contributed by atoms with E-state index in [1.54, 1.807) is 0 Å². The van der Waals surface area contributed by atoms with Crippen LogP contribution in [0.25, 0.3) is 0 Å². The van der Waals surface area contributed by atoms with Gasteiger partial charge >= 0.3 is 0 Å². The average molecular weight is 405 g/mol. The Bertz CT molecular complexity index is 670. The molecule has 1 aliphatic heterocycles. The van der Waals surface area contributed by atoms with Crippen molar-refractivity contribution < 1.29 is 14.3 Å². The van der Waals surface area contributed by atoms with Crippen LogP contribution in [0.15, 0.2) is 23.2 Å². The second kappa shape index (κ2) is 12.3. The van der Waals surface area contributed by atoms with Gasteiger partial charge in [-0.25, -0.2) is 4.99 Å². The number of nitrogens with one attached hydrogen (secondary N) is 3. The lowest BCUT2D eigenvalue weighted by Gasteiger charge is -2.15. The number of carbonyl (C=O) groups excluding carboxylic acids is 1. The van der Waals surface area contributed by atoms with Gasteiger partial charge in [-0.3, -0.25) is 4.79 Å². The summed E-state index contributed by atoms with van der Waals surface area (Å²) in [4.78, 5) is 16.5. The van der Waals surface area contributed by atoms with Gasteiger partial charge in [0, 0.05) is 43.6 Å². The fourth-order valence-electron chi connectivity index (χ4n) is 3.04. The molecule has 2 rings (SSSR count). The molecule has 0 spiro atoms. The first-order valence-electron chi connectivity index (χ1n) is 10.6. The fourth-order valence-corrected chi connectivity index (χ4v) is 3.04. The van der Waals surface area contributed by atoms with Crippen molar-refractivity contribution in [3.05, 3.63) is 29.3 Å². The minimum atomic E-state index is 0.0356. The van der Waals surface area contributed by atoms with E-state index in [1.807, 2.05) is 20.8 Å². The van der Waals surface area contributed by atoms with Gasteiger partial charge in [0.2, 0.25) is 5.91 Å². The van der Waals surface area contributed by atoms with E-state index in [1.165, 1.54) is 0 Å². The zero-order valence-corrected chi connectivity index (χ0v) is 18.2. The number of guanidine groups is 1. The second-order valence-corrected chi connectivity index (χ2v) is 7.75. The van der Waals surface area contributed by atoms with Crippen LogP contribution in [0.4, 0.5) is 0 Å². The lowest BCUT2D eigenvalue weighted by atomic mass is 10.1. The Hall–Kier alpha value is -2.28. The third kappa shape index (κ3) is 8.73. The Morgan fingerprint density at radius 2 is 2.17 bits per heavy atom. The number of rotatable bonds is 10. The number of benzene rings is 1. The average Bonchev–Trinajstić information content (AvgIpc) is 3.18. The molecule has 0 aromatic heterocycles. The summed E-state index contributed by atoms with van der Waals surface area (Å²) in [6, 6.07) is 6.36. The normalized spacial score (nSPS) is 16.7. The SMILES string of the molecule is CCNC(=NCc1ccc(C)cc1OCC1CCOC1)NCCC(=O)NC(C)C. The number of ether oxygens (including phenoxy) is 2. The van der Waals surface area contributed by atoms with Crippen molar-refractivity contribution in [2.45, 2.75) is 53.1 Å². The van der Waals surface area contributed by atoms with E-state index < -0.39 is 0 Å². The van der Waals surface area contributed by atoms with Crippen molar-refractivity contribution in [1.29, 1.82) is 0 Å². The lowest BCUT2D eigenvalue weighted by Crippen LogP contribution is -2.40. The van der Waals surface area contributed by atoms with Crippen LogP contribution in [-0.4, -0.2) is 50.8 Å². The molecule has 1 unspecified atom stereocenters. The molecule has 3 N–H and O–H groups in total. The Balaban J connectivity index is 1.93. The number of nitrogens with zero attached hydrogens (tertiary/aromatic N) is 1. The standard InChI is InChI=1S/C22H36N4O3/c1-5-23-22(24-10-8-21(27)26-16(2)3)25-13-19-7-6-17(4)12-20(19)29-15-18-9-11-28-14-18/h6-7,12,16,18H,5,8-11,13-15H2,1-4H3,(H,26,27)(H2,23,24,25). The molecule has 1 amide bonds. The highest BCUT2D eigenvalue weighted by atomic mass is 16.5. The summed E-state index contributed by atoms with van der Waals surface area (Å²) in [7, 11) is 0. The number of carbonyl (C=O) groups is 1. The van der Waals surface area contributed by atoms with Gasteiger partial charge in [0.15, 0.2) is 5.96 Å². The summed E-state index contributed by atoms with van der Waals surface area (Å²) < 4.78 is 11.5. The maximum atomic E-state index is 11.8. The molecule has 0 radical (unpaired) electrons. The van der Waals surface area contributed by atoms with E-state index in [9.17, 15) is 4.79 Å². The van der Waals surface area contributed by atoms with E-state index in [-0.39, 0.29) is 11.9 Å². The van der Waals surface area contributed by atoms with Crippen molar-refractivity contribution in [3.63, 3.8) is 0 Å². The zero-order valence-electron chi connectivity index (χ0n) is 18.2. The summed E-state index contributed by atoms with van der Waals surface area (Å²) in [5.74, 6) is 2.07. The molecular formula is C22H36N4O3. The molecule has 1 aliphatic rings. The van der Waals surface area contributed by atoms with Gasteiger partial charge in [0.1, 0.15) is 5.75 Å². The number of amides is 1. The second-order valence-electron chi connectivity index (χ2n) is 7.75. The topological polar surface area (TPSA) is 84.0 Å². The Morgan fingerprint density at radius 1 is 1.34 bits per heavy atom. The molecule has 1 aromatic carbocycles. The molecule has 0 aliphatic carbocycles. The maximum absolute atomic E-state index is 11.8. The third-order valence-electron chi connectivity index (χ3n) is 4.57. The predicted molar refractivity (Wildman–Crippen MR) is 116 cm³/mol. The summed E-state index contributed by atoms with van der Waals surface area (Å²) >= 11 is 0. The minimum Gasteiger partial charge on any atom is -0.493 e. The highest BCUT2D eigenvalue weighted by Crippen LogP contribution is 2.23. The first-order valence-corrected chi connectivity index (χ1v) is 10.6. The number of hydrogen-bond donors (Lipinski definition) is 3. The van der Waals surface area contributed by atoms with E-state index in [0.717, 1.165) is 43.1 Å². The highest BCUT2D eigenvalue weighted by Gasteiger charge is 2.17. The molecule has 1 heterocycles. The van der Waals surface area contributed by atoms with E-state index in [4.69, 9.17) is 9.47 Å². The van der Waals surface area contributed by atoms with Gasteiger partial charge in [0.25, 0.3) is 0 Å². The van der Waals surface area contributed by atoms with Gasteiger partial charge in [-0.15, -0.1) is 0 Å². The van der Waals surface area contributed by atoms with E-state index >= 15 is 0 Å². The predicted octanol–water partition coefficient (Wildman–Crippen LogP) is 2.38. The first kappa shape index (κ1) is 23.0. The van der Waals surface area contributed by atoms with Gasteiger partial charge in [-0.2, -0.15) is 0 Å². The van der Waals surface area contributed by atoms with Crippen molar-refractivity contribution in [1.82, 2.24) is 16.0 Å². The van der Waals surface area contributed by atoms with Crippen LogP contribution in [0.3, 0.4) is 0 Å².